The minimum atomic E-state index is -4.05. The van der Waals surface area contributed by atoms with Crippen molar-refractivity contribution in [2.75, 3.05) is 0 Å². The number of carbonyl (C=O) groups is 2. The van der Waals surface area contributed by atoms with Crippen LogP contribution < -0.4 is 4.72 Å². The highest BCUT2D eigenvalue weighted by atomic mass is 32.2. The summed E-state index contributed by atoms with van der Waals surface area (Å²) in [5, 5.41) is 26.3. The van der Waals surface area contributed by atoms with Gasteiger partial charge in [-0.3, -0.25) is 4.79 Å². The van der Waals surface area contributed by atoms with Crippen molar-refractivity contribution in [3.8, 4) is 5.75 Å². The van der Waals surface area contributed by atoms with Gasteiger partial charge >= 0.3 is 5.97 Å². The number of rotatable bonds is 7. The molecule has 0 saturated carbocycles. The number of benzene rings is 3. The highest BCUT2D eigenvalue weighted by molar-refractivity contribution is 7.90. The van der Waals surface area contributed by atoms with E-state index in [1.807, 2.05) is 4.72 Å². The number of carbonyl (C=O) groups excluding carboxylic acids is 1. The molecule has 0 spiro atoms. The first-order valence-corrected chi connectivity index (χ1v) is 10.4. The molecule has 0 aliphatic heterocycles. The first-order chi connectivity index (χ1) is 14.7. The van der Waals surface area contributed by atoms with Gasteiger partial charge in [-0.15, -0.1) is 0 Å². The number of amides is 1. The van der Waals surface area contributed by atoms with Crippen molar-refractivity contribution < 1.29 is 28.2 Å². The van der Waals surface area contributed by atoms with E-state index in [0.29, 0.717) is 11.3 Å². The van der Waals surface area contributed by atoms with Gasteiger partial charge in [0.25, 0.3) is 10.0 Å². The summed E-state index contributed by atoms with van der Waals surface area (Å²) < 4.78 is 26.8. The van der Waals surface area contributed by atoms with E-state index < -0.39 is 27.6 Å². The minimum absolute atomic E-state index is 0.0721. The number of hydrogen-bond acceptors (Lipinski definition) is 7. The summed E-state index contributed by atoms with van der Waals surface area (Å²) >= 11 is 0. The first-order valence-electron chi connectivity index (χ1n) is 8.92. The molecule has 1 amide bonds. The van der Waals surface area contributed by atoms with Crippen molar-refractivity contribution >= 4 is 33.3 Å². The van der Waals surface area contributed by atoms with Crippen molar-refractivity contribution in [3.05, 3.63) is 83.9 Å². The fourth-order valence-electron chi connectivity index (χ4n) is 2.59. The SMILES string of the molecule is O=C(Cc1ccccc1)NS(=O)(=O)c1ccc(N=Nc2ccc(O)c(C(=O)O)c2)cc1. The average Bonchev–Trinajstić information content (AvgIpc) is 2.73. The second kappa shape index (κ2) is 9.18. The smallest absolute Gasteiger partial charge is 0.339 e. The topological polar surface area (TPSA) is 145 Å². The van der Waals surface area contributed by atoms with Crippen molar-refractivity contribution in [3.63, 3.8) is 0 Å². The van der Waals surface area contributed by atoms with Crippen LogP contribution in [0.15, 0.2) is 87.9 Å². The van der Waals surface area contributed by atoms with E-state index in [0.717, 1.165) is 6.07 Å². The summed E-state index contributed by atoms with van der Waals surface area (Å²) in [5.41, 5.74) is 0.870. The van der Waals surface area contributed by atoms with Gasteiger partial charge in [0.05, 0.1) is 22.7 Å². The molecule has 3 aromatic rings. The zero-order chi connectivity index (χ0) is 22.4. The maximum atomic E-state index is 12.4. The summed E-state index contributed by atoms with van der Waals surface area (Å²) in [6, 6.07) is 17.8. The van der Waals surface area contributed by atoms with E-state index in [2.05, 4.69) is 10.2 Å². The molecule has 0 saturated heterocycles. The van der Waals surface area contributed by atoms with Gasteiger partial charge in [0.15, 0.2) is 0 Å². The predicted molar refractivity (Wildman–Crippen MR) is 111 cm³/mol. The molecule has 158 valence electrons. The fourth-order valence-corrected chi connectivity index (χ4v) is 3.58. The minimum Gasteiger partial charge on any atom is -0.507 e. The number of aromatic hydroxyl groups is 1. The molecule has 0 fully saturated rings. The number of carboxylic acids is 1. The fraction of sp³-hybridized carbons (Fsp3) is 0.0476. The monoisotopic (exact) mass is 439 g/mol. The molecule has 3 aromatic carbocycles. The molecule has 0 aromatic heterocycles. The summed E-state index contributed by atoms with van der Waals surface area (Å²) in [5.74, 6) is -2.36. The van der Waals surface area contributed by atoms with Gasteiger partial charge in [-0.25, -0.2) is 17.9 Å². The number of nitrogens with one attached hydrogen (secondary N) is 1. The van der Waals surface area contributed by atoms with Crippen molar-refractivity contribution in [1.82, 2.24) is 4.72 Å². The predicted octanol–water partition coefficient (Wildman–Crippen LogP) is 3.55. The number of phenols is 1. The van der Waals surface area contributed by atoms with Crippen LogP contribution in [0.2, 0.25) is 0 Å². The largest absolute Gasteiger partial charge is 0.507 e. The summed E-state index contributed by atoms with van der Waals surface area (Å²) in [7, 11) is -4.05. The van der Waals surface area contributed by atoms with E-state index in [1.54, 1.807) is 30.3 Å². The van der Waals surface area contributed by atoms with Crippen molar-refractivity contribution in [1.29, 1.82) is 0 Å². The Balaban J connectivity index is 1.69. The Hall–Kier alpha value is -4.05. The highest BCUT2D eigenvalue weighted by Crippen LogP contribution is 2.25. The van der Waals surface area contributed by atoms with E-state index in [1.165, 1.54) is 36.4 Å². The van der Waals surface area contributed by atoms with E-state index in [4.69, 9.17) is 5.11 Å². The maximum absolute atomic E-state index is 12.4. The van der Waals surface area contributed by atoms with Crippen LogP contribution in [0.3, 0.4) is 0 Å². The molecule has 0 unspecified atom stereocenters. The lowest BCUT2D eigenvalue weighted by molar-refractivity contribution is -0.118. The molecule has 9 nitrogen and oxygen atoms in total. The number of aromatic carboxylic acids is 1. The third kappa shape index (κ3) is 5.73. The van der Waals surface area contributed by atoms with Crippen LogP contribution in [0.1, 0.15) is 15.9 Å². The first kappa shape index (κ1) is 21.7. The Morgan fingerprint density at radius 1 is 0.871 bits per heavy atom. The zero-order valence-corrected chi connectivity index (χ0v) is 16.8. The van der Waals surface area contributed by atoms with Gasteiger partial charge in [-0.05, 0) is 48.0 Å². The molecule has 31 heavy (non-hydrogen) atoms. The van der Waals surface area contributed by atoms with Crippen LogP contribution in [0, 0.1) is 0 Å². The second-order valence-corrected chi connectivity index (χ2v) is 8.07. The molecular formula is C21H17N3O6S. The molecule has 0 heterocycles. The second-order valence-electron chi connectivity index (χ2n) is 6.39. The average molecular weight is 439 g/mol. The third-order valence-corrected chi connectivity index (χ3v) is 5.48. The summed E-state index contributed by atoms with van der Waals surface area (Å²) in [4.78, 5) is 23.0. The van der Waals surface area contributed by atoms with Gasteiger partial charge in [0.2, 0.25) is 5.91 Å². The quantitative estimate of drug-likeness (QED) is 0.480. The standard InChI is InChI=1S/C21H17N3O6S/c25-19-11-8-16(13-18(19)21(27)28)23-22-15-6-9-17(10-7-15)31(29,30)24-20(26)12-14-4-2-1-3-5-14/h1-11,13,25H,12H2,(H,24,26)(H,27,28). The van der Waals surface area contributed by atoms with Crippen LogP contribution >= 0.6 is 0 Å². The van der Waals surface area contributed by atoms with Gasteiger partial charge in [0, 0.05) is 0 Å². The number of nitrogens with zero attached hydrogens (tertiary/aromatic N) is 2. The van der Waals surface area contributed by atoms with Gasteiger partial charge in [-0.2, -0.15) is 10.2 Å². The van der Waals surface area contributed by atoms with Crippen LogP contribution in [0.25, 0.3) is 0 Å². The Morgan fingerprint density at radius 2 is 1.48 bits per heavy atom. The van der Waals surface area contributed by atoms with Gasteiger partial charge in [0.1, 0.15) is 11.3 Å². The van der Waals surface area contributed by atoms with E-state index in [-0.39, 0.29) is 22.6 Å². The molecule has 0 radical (unpaired) electrons. The van der Waals surface area contributed by atoms with Crippen LogP contribution in [0.5, 0.6) is 5.75 Å². The molecular weight excluding hydrogens is 422 g/mol. The molecule has 0 atom stereocenters. The Morgan fingerprint density at radius 3 is 2.13 bits per heavy atom. The lowest BCUT2D eigenvalue weighted by Crippen LogP contribution is -2.31. The molecule has 0 aliphatic rings. The zero-order valence-electron chi connectivity index (χ0n) is 16.0. The lowest BCUT2D eigenvalue weighted by atomic mass is 10.1. The number of carboxylic acid groups (broad SMARTS) is 1. The van der Waals surface area contributed by atoms with Crippen LogP contribution in [0.4, 0.5) is 11.4 Å². The summed E-state index contributed by atoms with van der Waals surface area (Å²) in [6.45, 7) is 0. The maximum Gasteiger partial charge on any atom is 0.339 e. The van der Waals surface area contributed by atoms with Crippen molar-refractivity contribution in [2.45, 2.75) is 11.3 Å². The third-order valence-electron chi connectivity index (χ3n) is 4.09. The van der Waals surface area contributed by atoms with Gasteiger partial charge in [-0.1, -0.05) is 30.3 Å². The molecule has 0 aliphatic carbocycles. The molecule has 0 bridgehead atoms. The lowest BCUT2D eigenvalue weighted by Gasteiger charge is -2.07. The molecule has 10 heteroatoms. The molecule has 3 N–H and O–H groups in total. The van der Waals surface area contributed by atoms with Crippen LogP contribution in [-0.4, -0.2) is 30.5 Å². The van der Waals surface area contributed by atoms with E-state index in [9.17, 15) is 23.1 Å². The number of sulfonamides is 1. The number of azo groups is 1. The van der Waals surface area contributed by atoms with E-state index >= 15 is 0 Å². The Bertz CT molecular complexity index is 1240. The highest BCUT2D eigenvalue weighted by Gasteiger charge is 2.17. The number of hydrogen-bond donors (Lipinski definition) is 3. The Kier molecular flexibility index (Phi) is 6.41. The normalized spacial score (nSPS) is 11.4. The Labute approximate surface area is 177 Å². The van der Waals surface area contributed by atoms with Gasteiger partial charge < -0.3 is 10.2 Å². The van der Waals surface area contributed by atoms with Crippen LogP contribution in [-0.2, 0) is 21.2 Å². The van der Waals surface area contributed by atoms with Crippen molar-refractivity contribution in [2.24, 2.45) is 10.2 Å². The summed E-state index contributed by atoms with van der Waals surface area (Å²) in [6.07, 6.45) is -0.0721. The molecule has 3 rings (SSSR count).